The van der Waals surface area contributed by atoms with Crippen LogP contribution in [0.4, 0.5) is 0 Å². The Hall–Kier alpha value is -2.18. The molecule has 0 unspecified atom stereocenters. The van der Waals surface area contributed by atoms with Gasteiger partial charge in [0.05, 0.1) is 6.61 Å². The molecule has 0 aromatic heterocycles. The summed E-state index contributed by atoms with van der Waals surface area (Å²) in [5, 5.41) is 21.6. The lowest BCUT2D eigenvalue weighted by molar-refractivity contribution is -0.236. The maximum Gasteiger partial charge on any atom is 0.341 e. The van der Waals surface area contributed by atoms with Gasteiger partial charge in [-0.05, 0) is 13.8 Å². The molecular formula is C15H14O6. The number of carbonyl (C=O) groups excluding carboxylic acids is 2. The van der Waals surface area contributed by atoms with Crippen LogP contribution in [0.25, 0.3) is 0 Å². The minimum Gasteiger partial charge on any atom is -0.462 e. The van der Waals surface area contributed by atoms with E-state index in [0.29, 0.717) is 0 Å². The van der Waals surface area contributed by atoms with Gasteiger partial charge in [-0.1, -0.05) is 24.3 Å². The molecule has 1 aliphatic carbocycles. The van der Waals surface area contributed by atoms with Gasteiger partial charge in [0.2, 0.25) is 11.4 Å². The molecule has 0 saturated carbocycles. The maximum absolute atomic E-state index is 12.5. The number of allylic oxidation sites excluding steroid dienone is 1. The molecular weight excluding hydrogens is 276 g/mol. The molecule has 6 nitrogen and oxygen atoms in total. The van der Waals surface area contributed by atoms with Gasteiger partial charge in [0.15, 0.2) is 0 Å². The normalized spacial score (nSPS) is 30.0. The molecule has 1 aromatic carbocycles. The summed E-state index contributed by atoms with van der Waals surface area (Å²) in [6.45, 7) is 3.08. The second-order valence-electron chi connectivity index (χ2n) is 4.98. The molecule has 0 spiro atoms. The summed E-state index contributed by atoms with van der Waals surface area (Å²) in [4.78, 5) is 24.6. The highest BCUT2D eigenvalue weighted by atomic mass is 16.7. The highest BCUT2D eigenvalue weighted by Crippen LogP contribution is 2.54. The predicted molar refractivity (Wildman–Crippen MR) is 70.0 cm³/mol. The van der Waals surface area contributed by atoms with Gasteiger partial charge in [-0.15, -0.1) is 0 Å². The number of benzene rings is 1. The van der Waals surface area contributed by atoms with Gasteiger partial charge in [0, 0.05) is 11.1 Å². The Balaban J connectivity index is 2.21. The van der Waals surface area contributed by atoms with Crippen molar-refractivity contribution in [3.8, 4) is 0 Å². The van der Waals surface area contributed by atoms with Gasteiger partial charge in [0.25, 0.3) is 5.79 Å². The molecule has 0 fully saturated rings. The molecule has 21 heavy (non-hydrogen) atoms. The zero-order valence-electron chi connectivity index (χ0n) is 11.5. The van der Waals surface area contributed by atoms with Gasteiger partial charge >= 0.3 is 5.97 Å². The Morgan fingerprint density at radius 1 is 1.33 bits per heavy atom. The second-order valence-corrected chi connectivity index (χ2v) is 4.98. The number of aliphatic hydroxyl groups is 2. The van der Waals surface area contributed by atoms with E-state index in [0.717, 1.165) is 0 Å². The average Bonchev–Trinajstić information content (AvgIpc) is 2.75. The number of ketones is 1. The number of esters is 1. The van der Waals surface area contributed by atoms with Gasteiger partial charge in [-0.3, -0.25) is 4.79 Å². The van der Waals surface area contributed by atoms with Crippen molar-refractivity contribution in [3.05, 3.63) is 46.7 Å². The molecule has 2 N–H and O–H groups in total. The minimum absolute atomic E-state index is 0.0266. The molecule has 1 aromatic rings. The summed E-state index contributed by atoms with van der Waals surface area (Å²) in [5.74, 6) is -3.98. The van der Waals surface area contributed by atoms with Crippen molar-refractivity contribution in [2.45, 2.75) is 25.2 Å². The third-order valence-corrected chi connectivity index (χ3v) is 3.85. The number of hydrogen-bond acceptors (Lipinski definition) is 6. The summed E-state index contributed by atoms with van der Waals surface area (Å²) in [6.07, 6.45) is 0. The molecule has 0 radical (unpaired) electrons. The lowest BCUT2D eigenvalue weighted by Crippen LogP contribution is -2.52. The fraction of sp³-hybridized carbons (Fsp3) is 0.333. The van der Waals surface area contributed by atoms with E-state index < -0.39 is 23.1 Å². The number of hydrogen-bond donors (Lipinski definition) is 2. The first kappa shape index (κ1) is 13.8. The largest absolute Gasteiger partial charge is 0.462 e. The molecule has 3 rings (SSSR count). The molecule has 2 aliphatic rings. The van der Waals surface area contributed by atoms with E-state index in [4.69, 9.17) is 9.47 Å². The Morgan fingerprint density at radius 2 is 2.00 bits per heavy atom. The second kappa shape index (κ2) is 4.16. The molecule has 2 atom stereocenters. The first-order chi connectivity index (χ1) is 9.88. The van der Waals surface area contributed by atoms with E-state index >= 15 is 0 Å². The van der Waals surface area contributed by atoms with Gasteiger partial charge < -0.3 is 19.7 Å². The Kier molecular flexibility index (Phi) is 2.73. The minimum atomic E-state index is -2.48. The van der Waals surface area contributed by atoms with Crippen molar-refractivity contribution in [2.75, 3.05) is 6.61 Å². The van der Waals surface area contributed by atoms with Crippen LogP contribution in [0.2, 0.25) is 0 Å². The molecule has 1 heterocycles. The van der Waals surface area contributed by atoms with Crippen molar-refractivity contribution in [3.63, 3.8) is 0 Å². The van der Waals surface area contributed by atoms with Crippen LogP contribution < -0.4 is 0 Å². The Bertz CT molecular complexity index is 691. The first-order valence-electron chi connectivity index (χ1n) is 6.54. The van der Waals surface area contributed by atoms with Crippen LogP contribution in [0.5, 0.6) is 0 Å². The maximum atomic E-state index is 12.5. The van der Waals surface area contributed by atoms with Crippen molar-refractivity contribution >= 4 is 11.8 Å². The third kappa shape index (κ3) is 1.43. The third-order valence-electron chi connectivity index (χ3n) is 3.85. The zero-order valence-corrected chi connectivity index (χ0v) is 11.5. The van der Waals surface area contributed by atoms with E-state index in [9.17, 15) is 19.8 Å². The molecule has 6 heteroatoms. The van der Waals surface area contributed by atoms with Crippen LogP contribution in [0, 0.1) is 0 Å². The van der Waals surface area contributed by atoms with E-state index in [1.54, 1.807) is 19.1 Å². The van der Waals surface area contributed by atoms with E-state index in [-0.39, 0.29) is 29.1 Å². The number of fused-ring (bicyclic) bond motifs is 3. The summed E-state index contributed by atoms with van der Waals surface area (Å²) in [7, 11) is 0. The molecule has 1 aliphatic heterocycles. The van der Waals surface area contributed by atoms with Crippen molar-refractivity contribution in [1.29, 1.82) is 0 Å². The molecule has 0 saturated heterocycles. The van der Waals surface area contributed by atoms with Gasteiger partial charge in [-0.2, -0.15) is 0 Å². The van der Waals surface area contributed by atoms with Crippen molar-refractivity contribution < 1.29 is 29.3 Å². The fourth-order valence-corrected chi connectivity index (χ4v) is 2.95. The van der Waals surface area contributed by atoms with E-state index in [1.807, 2.05) is 0 Å². The summed E-state index contributed by atoms with van der Waals surface area (Å²) in [5.41, 5.74) is -2.58. The van der Waals surface area contributed by atoms with Crippen LogP contribution in [0.3, 0.4) is 0 Å². The highest BCUT2D eigenvalue weighted by molar-refractivity contribution is 6.15. The van der Waals surface area contributed by atoms with E-state index in [2.05, 4.69) is 0 Å². The zero-order chi connectivity index (χ0) is 15.4. The van der Waals surface area contributed by atoms with Gasteiger partial charge in [-0.25, -0.2) is 4.79 Å². The lowest BCUT2D eigenvalue weighted by atomic mass is 9.86. The number of ether oxygens (including phenoxy) is 2. The number of rotatable bonds is 2. The highest BCUT2D eigenvalue weighted by Gasteiger charge is 2.72. The predicted octanol–water partition coefficient (Wildman–Crippen LogP) is 0.626. The van der Waals surface area contributed by atoms with Crippen LogP contribution >= 0.6 is 0 Å². The standard InChI is InChI=1S/C15H14O6/c1-3-20-13(17)11-8(2)21-15(19)10-7-5-4-6-9(10)12(16)14(11,15)18/h4-7,18-19H,3H2,1-2H3/t14-,15-/m0/s1. The van der Waals surface area contributed by atoms with Crippen LogP contribution in [0.1, 0.15) is 29.8 Å². The van der Waals surface area contributed by atoms with Crippen molar-refractivity contribution in [1.82, 2.24) is 0 Å². The SMILES string of the molecule is CCOC(=O)C1=C(C)O[C@@]2(O)c3ccccc3C(=O)[C@@]12O. The Labute approximate surface area is 120 Å². The first-order valence-corrected chi connectivity index (χ1v) is 6.54. The summed E-state index contributed by atoms with van der Waals surface area (Å²) >= 11 is 0. The lowest BCUT2D eigenvalue weighted by Gasteiger charge is -2.30. The Morgan fingerprint density at radius 3 is 2.67 bits per heavy atom. The number of carbonyl (C=O) groups is 2. The van der Waals surface area contributed by atoms with Gasteiger partial charge in [0.1, 0.15) is 11.3 Å². The summed E-state index contributed by atoms with van der Waals surface area (Å²) < 4.78 is 10.2. The topological polar surface area (TPSA) is 93.1 Å². The molecule has 0 bridgehead atoms. The monoisotopic (exact) mass is 290 g/mol. The number of Topliss-reactive ketones (excluding diaryl/α,β-unsaturated/α-hetero) is 1. The molecule has 110 valence electrons. The van der Waals surface area contributed by atoms with Crippen LogP contribution in [-0.2, 0) is 20.1 Å². The quantitative estimate of drug-likeness (QED) is 0.776. The molecule has 0 amide bonds. The smallest absolute Gasteiger partial charge is 0.341 e. The van der Waals surface area contributed by atoms with Crippen LogP contribution in [-0.4, -0.2) is 34.2 Å². The van der Waals surface area contributed by atoms with Crippen molar-refractivity contribution in [2.24, 2.45) is 0 Å². The summed E-state index contributed by atoms with van der Waals surface area (Å²) in [6, 6.07) is 6.15. The fourth-order valence-electron chi connectivity index (χ4n) is 2.95. The van der Waals surface area contributed by atoms with Crippen LogP contribution in [0.15, 0.2) is 35.6 Å². The van der Waals surface area contributed by atoms with E-state index in [1.165, 1.54) is 19.1 Å². The average molecular weight is 290 g/mol.